The molecule has 2 nitrogen and oxygen atoms in total. The van der Waals surface area contributed by atoms with E-state index in [0.29, 0.717) is 18.9 Å². The molecule has 1 rings (SSSR count). The summed E-state index contributed by atoms with van der Waals surface area (Å²) in [7, 11) is 0. The zero-order valence-corrected chi connectivity index (χ0v) is 10.3. The van der Waals surface area contributed by atoms with Gasteiger partial charge in [-0.3, -0.25) is 0 Å². The minimum absolute atomic E-state index is 0.243. The molecular weight excluding hydrogens is 217 g/mol. The van der Waals surface area contributed by atoms with Gasteiger partial charge in [0.15, 0.2) is 0 Å². The highest BCUT2D eigenvalue weighted by molar-refractivity contribution is 5.34. The van der Waals surface area contributed by atoms with Crippen LogP contribution in [0.2, 0.25) is 0 Å². The molecule has 0 saturated heterocycles. The van der Waals surface area contributed by atoms with Crippen molar-refractivity contribution in [3.8, 4) is 17.6 Å². The highest BCUT2D eigenvalue weighted by Gasteiger charge is 2.04. The lowest BCUT2D eigenvalue weighted by Gasteiger charge is -2.10. The van der Waals surface area contributed by atoms with Gasteiger partial charge in [-0.1, -0.05) is 12.8 Å². The van der Waals surface area contributed by atoms with Crippen LogP contribution < -0.4 is 10.1 Å². The van der Waals surface area contributed by atoms with E-state index in [1.165, 1.54) is 12.1 Å². The van der Waals surface area contributed by atoms with Crippen LogP contribution >= 0.6 is 0 Å². The maximum atomic E-state index is 13.1. The summed E-state index contributed by atoms with van der Waals surface area (Å²) in [6.07, 6.45) is 1.05. The van der Waals surface area contributed by atoms with Gasteiger partial charge in [0.1, 0.15) is 18.2 Å². The highest BCUT2D eigenvalue weighted by atomic mass is 19.1. The first-order chi connectivity index (χ1) is 8.27. The third-order valence-corrected chi connectivity index (χ3v) is 2.24. The van der Waals surface area contributed by atoms with Crippen LogP contribution in [-0.2, 0) is 6.54 Å². The second-order valence-electron chi connectivity index (χ2n) is 3.64. The van der Waals surface area contributed by atoms with Crippen molar-refractivity contribution in [1.82, 2.24) is 5.32 Å². The molecule has 0 spiro atoms. The average Bonchev–Trinajstić information content (AvgIpc) is 2.32. The second kappa shape index (κ2) is 7.70. The Balaban J connectivity index is 2.68. The van der Waals surface area contributed by atoms with Crippen LogP contribution in [-0.4, -0.2) is 13.2 Å². The maximum absolute atomic E-state index is 13.1. The van der Waals surface area contributed by atoms with Crippen molar-refractivity contribution >= 4 is 0 Å². The Morgan fingerprint density at radius 1 is 1.41 bits per heavy atom. The summed E-state index contributed by atoms with van der Waals surface area (Å²) in [6.45, 7) is 5.71. The molecule has 17 heavy (non-hydrogen) atoms. The van der Waals surface area contributed by atoms with Crippen molar-refractivity contribution in [3.05, 3.63) is 29.6 Å². The molecule has 0 aromatic heterocycles. The predicted octanol–water partition coefficient (Wildman–Crippen LogP) is 2.73. The predicted molar refractivity (Wildman–Crippen MR) is 67.3 cm³/mol. The Morgan fingerprint density at radius 2 is 2.24 bits per heavy atom. The van der Waals surface area contributed by atoms with Gasteiger partial charge < -0.3 is 10.1 Å². The summed E-state index contributed by atoms with van der Waals surface area (Å²) in [6, 6.07) is 4.55. The zero-order chi connectivity index (χ0) is 12.5. The van der Waals surface area contributed by atoms with Crippen molar-refractivity contribution in [2.75, 3.05) is 13.2 Å². The third-order valence-electron chi connectivity index (χ3n) is 2.24. The quantitative estimate of drug-likeness (QED) is 0.604. The number of rotatable bonds is 6. The van der Waals surface area contributed by atoms with E-state index in [1.54, 1.807) is 13.0 Å². The van der Waals surface area contributed by atoms with Crippen LogP contribution in [0.1, 0.15) is 25.8 Å². The summed E-state index contributed by atoms with van der Waals surface area (Å²) in [5, 5.41) is 3.23. The van der Waals surface area contributed by atoms with Gasteiger partial charge in [-0.05, 0) is 38.1 Å². The molecule has 1 aromatic carbocycles. The summed E-state index contributed by atoms with van der Waals surface area (Å²) in [5.41, 5.74) is 0.830. The Labute approximate surface area is 102 Å². The molecule has 0 aliphatic heterocycles. The number of ether oxygens (including phenoxy) is 1. The Kier molecular flexibility index (Phi) is 6.13. The monoisotopic (exact) mass is 235 g/mol. The number of nitrogens with one attached hydrogen (secondary N) is 1. The lowest BCUT2D eigenvalue weighted by Crippen LogP contribution is -2.15. The van der Waals surface area contributed by atoms with Crippen LogP contribution in [0.4, 0.5) is 4.39 Å². The molecule has 0 bridgehead atoms. The molecule has 0 radical (unpaired) electrons. The van der Waals surface area contributed by atoms with E-state index in [9.17, 15) is 4.39 Å². The van der Waals surface area contributed by atoms with Crippen molar-refractivity contribution in [2.24, 2.45) is 0 Å². The van der Waals surface area contributed by atoms with Gasteiger partial charge >= 0.3 is 0 Å². The largest absolute Gasteiger partial charge is 0.481 e. The molecule has 0 atom stereocenters. The summed E-state index contributed by atoms with van der Waals surface area (Å²) >= 11 is 0. The lowest BCUT2D eigenvalue weighted by molar-refractivity contribution is 0.363. The molecule has 92 valence electrons. The molecule has 0 heterocycles. The number of hydrogen-bond donors (Lipinski definition) is 1. The smallest absolute Gasteiger partial charge is 0.149 e. The van der Waals surface area contributed by atoms with Crippen molar-refractivity contribution < 1.29 is 9.13 Å². The van der Waals surface area contributed by atoms with E-state index in [2.05, 4.69) is 24.1 Å². The van der Waals surface area contributed by atoms with Crippen LogP contribution in [0.3, 0.4) is 0 Å². The van der Waals surface area contributed by atoms with E-state index in [1.807, 2.05) is 0 Å². The lowest BCUT2D eigenvalue weighted by atomic mass is 10.2. The summed E-state index contributed by atoms with van der Waals surface area (Å²) in [5.74, 6) is 6.02. The minimum Gasteiger partial charge on any atom is -0.481 e. The molecule has 3 heteroatoms. The zero-order valence-electron chi connectivity index (χ0n) is 10.3. The first kappa shape index (κ1) is 13.5. The standard InChI is InChI=1S/C14H18FNO/c1-3-5-9-17-14-7-6-13(15)10-12(14)11-16-8-4-2/h6-7,10,16H,4,8-9,11H2,1-2H3. The fourth-order valence-corrected chi connectivity index (χ4v) is 1.41. The minimum atomic E-state index is -0.243. The average molecular weight is 235 g/mol. The Morgan fingerprint density at radius 3 is 2.94 bits per heavy atom. The van der Waals surface area contributed by atoms with E-state index >= 15 is 0 Å². The van der Waals surface area contributed by atoms with Crippen molar-refractivity contribution in [1.29, 1.82) is 0 Å². The highest BCUT2D eigenvalue weighted by Crippen LogP contribution is 2.19. The molecule has 1 N–H and O–H groups in total. The van der Waals surface area contributed by atoms with Gasteiger partial charge in [-0.2, -0.15) is 0 Å². The van der Waals surface area contributed by atoms with Gasteiger partial charge in [0, 0.05) is 12.1 Å². The number of halogens is 1. The van der Waals surface area contributed by atoms with Gasteiger partial charge in [-0.25, -0.2) is 4.39 Å². The molecule has 0 unspecified atom stereocenters. The topological polar surface area (TPSA) is 21.3 Å². The molecular formula is C14H18FNO. The summed E-state index contributed by atoms with van der Waals surface area (Å²) in [4.78, 5) is 0. The SMILES string of the molecule is CC#CCOc1ccc(F)cc1CNCCC. The van der Waals surface area contributed by atoms with Crippen LogP contribution in [0.5, 0.6) is 5.75 Å². The molecule has 0 fully saturated rings. The van der Waals surface area contributed by atoms with Crippen molar-refractivity contribution in [2.45, 2.75) is 26.8 Å². The van der Waals surface area contributed by atoms with E-state index < -0.39 is 0 Å². The fourth-order valence-electron chi connectivity index (χ4n) is 1.41. The van der Waals surface area contributed by atoms with E-state index in [4.69, 9.17) is 4.74 Å². The first-order valence-electron chi connectivity index (χ1n) is 5.79. The summed E-state index contributed by atoms with van der Waals surface area (Å²) < 4.78 is 18.6. The van der Waals surface area contributed by atoms with Gasteiger partial charge in [0.25, 0.3) is 0 Å². The number of hydrogen-bond acceptors (Lipinski definition) is 2. The fraction of sp³-hybridized carbons (Fsp3) is 0.429. The van der Waals surface area contributed by atoms with Gasteiger partial charge in [0.2, 0.25) is 0 Å². The van der Waals surface area contributed by atoms with E-state index in [-0.39, 0.29) is 5.82 Å². The maximum Gasteiger partial charge on any atom is 0.149 e. The van der Waals surface area contributed by atoms with Crippen molar-refractivity contribution in [3.63, 3.8) is 0 Å². The van der Waals surface area contributed by atoms with Gasteiger partial charge in [-0.15, -0.1) is 5.92 Å². The molecule has 0 saturated carbocycles. The number of benzene rings is 1. The van der Waals surface area contributed by atoms with Gasteiger partial charge in [0.05, 0.1) is 0 Å². The molecule has 0 amide bonds. The van der Waals surface area contributed by atoms with Crippen LogP contribution in [0.15, 0.2) is 18.2 Å². The first-order valence-corrected chi connectivity index (χ1v) is 5.79. The van der Waals surface area contributed by atoms with E-state index in [0.717, 1.165) is 18.5 Å². The molecule has 0 aliphatic rings. The third kappa shape index (κ3) is 4.88. The second-order valence-corrected chi connectivity index (χ2v) is 3.64. The molecule has 0 aliphatic carbocycles. The Hall–Kier alpha value is -1.53. The normalized spacial score (nSPS) is 9.59. The van der Waals surface area contributed by atoms with Crippen LogP contribution in [0, 0.1) is 17.7 Å². The Bertz CT molecular complexity index is 406. The van der Waals surface area contributed by atoms with Crippen LogP contribution in [0.25, 0.3) is 0 Å². The molecule has 1 aromatic rings.